The highest BCUT2D eigenvalue weighted by Crippen LogP contribution is 2.45. The maximum atomic E-state index is 13.1. The Kier molecular flexibility index (Phi) is 77.1. The summed E-state index contributed by atoms with van der Waals surface area (Å²) in [4.78, 5) is 73.2. The van der Waals surface area contributed by atoms with Crippen LogP contribution in [0.1, 0.15) is 362 Å². The minimum atomic E-state index is -4.99. The van der Waals surface area contributed by atoms with E-state index in [1.807, 2.05) is 0 Å². The first-order chi connectivity index (χ1) is 52.7. The van der Waals surface area contributed by atoms with Crippen LogP contribution < -0.4 is 0 Å². The number of carbonyl (C=O) groups excluding carboxylic acids is 4. The number of hydrogen-bond donors (Lipinski definition) is 3. The van der Waals surface area contributed by atoms with Crippen LogP contribution in [-0.4, -0.2) is 96.7 Å². The van der Waals surface area contributed by atoms with Gasteiger partial charge in [0, 0.05) is 25.7 Å². The number of aliphatic hydroxyl groups excluding tert-OH is 1. The summed E-state index contributed by atoms with van der Waals surface area (Å²) in [6, 6.07) is 0. The summed E-state index contributed by atoms with van der Waals surface area (Å²) in [5.41, 5.74) is 0. The Morgan fingerprint density at radius 2 is 0.481 bits per heavy atom. The zero-order chi connectivity index (χ0) is 78.9. The van der Waals surface area contributed by atoms with Crippen LogP contribution in [0.25, 0.3) is 0 Å². The van der Waals surface area contributed by atoms with E-state index in [2.05, 4.69) is 149 Å². The molecule has 0 aromatic rings. The molecule has 19 heteroatoms. The number of ether oxygens (including phenoxy) is 4. The number of unbranched alkanes of at least 4 members (excludes halogenated alkanes) is 34. The van der Waals surface area contributed by atoms with Gasteiger partial charge in [-0.15, -0.1) is 0 Å². The van der Waals surface area contributed by atoms with Gasteiger partial charge in [0.05, 0.1) is 26.4 Å². The Bertz CT molecular complexity index is 2520. The molecule has 0 aliphatic heterocycles. The smallest absolute Gasteiger partial charge is 0.462 e. The highest BCUT2D eigenvalue weighted by Gasteiger charge is 2.30. The van der Waals surface area contributed by atoms with Gasteiger partial charge in [-0.05, 0) is 135 Å². The third-order valence-corrected chi connectivity index (χ3v) is 19.8. The van der Waals surface area contributed by atoms with Crippen molar-refractivity contribution in [3.63, 3.8) is 0 Å². The number of esters is 4. The van der Waals surface area contributed by atoms with Crippen molar-refractivity contribution in [3.05, 3.63) is 122 Å². The highest BCUT2D eigenvalue weighted by atomic mass is 31.2. The zero-order valence-electron chi connectivity index (χ0n) is 68.2. The van der Waals surface area contributed by atoms with E-state index in [0.717, 1.165) is 212 Å². The van der Waals surface area contributed by atoms with Crippen LogP contribution in [0, 0.1) is 0 Å². The molecule has 108 heavy (non-hydrogen) atoms. The number of rotatable bonds is 80. The van der Waals surface area contributed by atoms with Crippen LogP contribution in [0.2, 0.25) is 0 Å². The van der Waals surface area contributed by atoms with Crippen LogP contribution in [0.4, 0.5) is 0 Å². The van der Waals surface area contributed by atoms with Gasteiger partial charge in [0.1, 0.15) is 19.3 Å². The van der Waals surface area contributed by atoms with Crippen molar-refractivity contribution in [1.82, 2.24) is 0 Å². The fourth-order valence-corrected chi connectivity index (χ4v) is 13.0. The minimum Gasteiger partial charge on any atom is -0.462 e. The van der Waals surface area contributed by atoms with E-state index in [1.165, 1.54) is 70.6 Å². The molecule has 5 atom stereocenters. The highest BCUT2D eigenvalue weighted by molar-refractivity contribution is 7.47. The molecule has 0 amide bonds. The number of aliphatic hydroxyl groups is 1. The van der Waals surface area contributed by atoms with Gasteiger partial charge in [0.25, 0.3) is 0 Å². The van der Waals surface area contributed by atoms with E-state index >= 15 is 0 Å². The molecule has 0 fully saturated rings. The third kappa shape index (κ3) is 79.5. The molecule has 0 rings (SSSR count). The van der Waals surface area contributed by atoms with Crippen molar-refractivity contribution in [2.75, 3.05) is 39.6 Å². The Morgan fingerprint density at radius 1 is 0.269 bits per heavy atom. The fourth-order valence-electron chi connectivity index (χ4n) is 11.5. The molecule has 0 aromatic carbocycles. The monoisotopic (exact) mass is 1560 g/mol. The van der Waals surface area contributed by atoms with E-state index in [-0.39, 0.29) is 25.7 Å². The van der Waals surface area contributed by atoms with E-state index in [9.17, 15) is 43.2 Å². The van der Waals surface area contributed by atoms with Gasteiger partial charge in [0.2, 0.25) is 0 Å². The summed E-state index contributed by atoms with van der Waals surface area (Å²) < 4.78 is 68.8. The van der Waals surface area contributed by atoms with Gasteiger partial charge in [0.15, 0.2) is 12.2 Å². The molecule has 0 spiro atoms. The van der Waals surface area contributed by atoms with E-state index in [4.69, 9.17) is 37.0 Å². The molecule has 0 saturated heterocycles. The van der Waals surface area contributed by atoms with Crippen molar-refractivity contribution in [3.8, 4) is 0 Å². The summed E-state index contributed by atoms with van der Waals surface area (Å²) in [6.07, 6.45) is 90.1. The molecule has 0 heterocycles. The van der Waals surface area contributed by atoms with Crippen molar-refractivity contribution in [2.45, 2.75) is 380 Å². The predicted octanol–water partition coefficient (Wildman–Crippen LogP) is 25.5. The Hall–Kier alpha value is -4.54. The van der Waals surface area contributed by atoms with Crippen LogP contribution >= 0.6 is 15.6 Å². The van der Waals surface area contributed by atoms with Gasteiger partial charge in [-0.2, -0.15) is 0 Å². The first-order valence-electron chi connectivity index (χ1n) is 42.8. The molecule has 622 valence electrons. The Morgan fingerprint density at radius 3 is 0.759 bits per heavy atom. The summed E-state index contributed by atoms with van der Waals surface area (Å²) >= 11 is 0. The summed E-state index contributed by atoms with van der Waals surface area (Å²) in [6.45, 7) is 4.64. The molecule has 0 aromatic heterocycles. The van der Waals surface area contributed by atoms with Crippen molar-refractivity contribution >= 4 is 39.5 Å². The fraction of sp³-hybridized carbons (Fsp3) is 0.730. The lowest BCUT2D eigenvalue weighted by molar-refractivity contribution is -0.161. The molecule has 0 radical (unpaired) electrons. The summed E-state index contributed by atoms with van der Waals surface area (Å²) in [5.74, 6) is -2.20. The number of hydrogen-bond acceptors (Lipinski definition) is 15. The minimum absolute atomic E-state index is 0.0795. The second-order valence-corrected chi connectivity index (χ2v) is 31.3. The van der Waals surface area contributed by atoms with E-state index < -0.39 is 97.5 Å². The second-order valence-electron chi connectivity index (χ2n) is 28.4. The normalized spacial score (nSPS) is 14.4. The lowest BCUT2D eigenvalue weighted by Gasteiger charge is -2.21. The second kappa shape index (κ2) is 80.5. The van der Waals surface area contributed by atoms with Gasteiger partial charge >= 0.3 is 39.5 Å². The first kappa shape index (κ1) is 103. The molecule has 17 nitrogen and oxygen atoms in total. The summed E-state index contributed by atoms with van der Waals surface area (Å²) in [5, 5.41) is 10.7. The van der Waals surface area contributed by atoms with Crippen molar-refractivity contribution in [1.29, 1.82) is 0 Å². The molecule has 0 bridgehead atoms. The van der Waals surface area contributed by atoms with Crippen LogP contribution in [-0.2, 0) is 65.4 Å². The molecule has 3 N–H and O–H groups in total. The van der Waals surface area contributed by atoms with Gasteiger partial charge in [-0.3, -0.25) is 37.3 Å². The topological polar surface area (TPSA) is 237 Å². The van der Waals surface area contributed by atoms with Crippen LogP contribution in [0.3, 0.4) is 0 Å². The van der Waals surface area contributed by atoms with Crippen LogP contribution in [0.5, 0.6) is 0 Å². The Labute approximate surface area is 657 Å². The number of allylic oxidation sites excluding steroid dienone is 20. The number of phosphoric acid groups is 2. The predicted molar refractivity (Wildman–Crippen MR) is 445 cm³/mol. The molecule has 0 aliphatic carbocycles. The van der Waals surface area contributed by atoms with Gasteiger partial charge in [-0.1, -0.05) is 323 Å². The number of carbonyl (C=O) groups is 4. The maximum Gasteiger partial charge on any atom is 0.472 e. The van der Waals surface area contributed by atoms with Crippen LogP contribution in [0.15, 0.2) is 122 Å². The standard InChI is InChI=1S/C89H154O17P2/c1-5-9-13-17-21-25-29-33-36-39-41-44-46-50-53-57-61-65-69-73-86(91)99-79-84(105-88(93)75-71-67-63-59-55-49-32-28-24-20-16-12-8-4)81-103-107(95,96)101-77-83(90)78-102-108(97,98)104-82-85(106-89(94)76-72-68-64-60-56-52-48-43-38-35-31-27-23-19-15-11-7-3)80-100-87(92)74-70-66-62-58-54-51-47-45-42-40-37-34-30-26-22-18-14-10-6-2/h9,11,13,15,21-23,25-27,33-38,41-42,44-45,83-85,90H,5-8,10,12,14,16-20,24,28-32,39-40,43,46-82H2,1-4H3,(H,95,96)(H,97,98)/b13-9-,15-11-,25-21-,26-22-,27-23-,36-33-,37-34-,38-35-,44-41-,45-42-. The first-order valence-corrected chi connectivity index (χ1v) is 45.8. The average molecular weight is 1560 g/mol. The average Bonchev–Trinajstić information content (AvgIpc) is 0.916. The van der Waals surface area contributed by atoms with Gasteiger partial charge in [-0.25, -0.2) is 9.13 Å². The number of phosphoric ester groups is 2. The third-order valence-electron chi connectivity index (χ3n) is 17.9. The maximum absolute atomic E-state index is 13.1. The van der Waals surface area contributed by atoms with E-state index in [1.54, 1.807) is 0 Å². The lowest BCUT2D eigenvalue weighted by Crippen LogP contribution is -2.30. The molecular weight excluding hydrogens is 1400 g/mol. The molecule has 5 unspecified atom stereocenters. The quantitative estimate of drug-likeness (QED) is 0.0169. The molecule has 0 saturated carbocycles. The lowest BCUT2D eigenvalue weighted by atomic mass is 10.0. The van der Waals surface area contributed by atoms with Crippen molar-refractivity contribution < 1.29 is 80.2 Å². The largest absolute Gasteiger partial charge is 0.472 e. The SMILES string of the molecule is CC/C=C\C/C=C\C/C=C\C/C=C\CCCCCCCCC(=O)OCC(COP(=O)(O)OCC(O)COP(=O)(O)OCC(COC(=O)CCCCCCCC/C=C\C/C=C\C/C=C\CCCCC)OC(=O)CCCCCCCCC/C=C\C/C=C\C/C=C\CC)OC(=O)CCCCCCCCCCCCCCC. The molecular formula is C89H154O17P2. The molecule has 0 aliphatic rings. The zero-order valence-corrected chi connectivity index (χ0v) is 70.0. The van der Waals surface area contributed by atoms with Gasteiger partial charge < -0.3 is 33.8 Å². The Balaban J connectivity index is 5.37. The van der Waals surface area contributed by atoms with E-state index in [0.29, 0.717) is 25.7 Å². The summed E-state index contributed by atoms with van der Waals surface area (Å²) in [7, 11) is -9.97. The van der Waals surface area contributed by atoms with Crippen molar-refractivity contribution in [2.24, 2.45) is 0 Å².